The minimum absolute atomic E-state index is 0.0625. The molecule has 1 rings (SSSR count). The van der Waals surface area contributed by atoms with Crippen molar-refractivity contribution in [1.82, 2.24) is 0 Å². The minimum atomic E-state index is -1.40. The van der Waals surface area contributed by atoms with E-state index in [0.717, 1.165) is 6.07 Å². The van der Waals surface area contributed by atoms with Crippen LogP contribution in [0, 0.1) is 11.6 Å². The number of rotatable bonds is 1. The van der Waals surface area contributed by atoms with Gasteiger partial charge in [-0.25, -0.2) is 8.78 Å². The quantitative estimate of drug-likeness (QED) is 0.761. The van der Waals surface area contributed by atoms with E-state index in [1.165, 1.54) is 19.9 Å². The van der Waals surface area contributed by atoms with E-state index in [9.17, 15) is 13.9 Å². The molecule has 0 bridgehead atoms. The van der Waals surface area contributed by atoms with Gasteiger partial charge in [-0.1, -0.05) is 15.9 Å². The maximum Gasteiger partial charge on any atom is 0.166 e. The van der Waals surface area contributed by atoms with Gasteiger partial charge in [-0.15, -0.1) is 0 Å². The summed E-state index contributed by atoms with van der Waals surface area (Å²) in [5, 5.41) is 9.54. The first-order valence-corrected chi connectivity index (χ1v) is 4.49. The van der Waals surface area contributed by atoms with E-state index < -0.39 is 17.2 Å². The van der Waals surface area contributed by atoms with Crippen molar-refractivity contribution >= 4 is 15.9 Å². The Morgan fingerprint density at radius 1 is 1.31 bits per heavy atom. The lowest BCUT2D eigenvalue weighted by Crippen LogP contribution is -2.19. The van der Waals surface area contributed by atoms with Crippen molar-refractivity contribution < 1.29 is 13.9 Å². The molecule has 1 aromatic carbocycles. The first kappa shape index (κ1) is 10.6. The largest absolute Gasteiger partial charge is 0.386 e. The molecule has 0 saturated heterocycles. The van der Waals surface area contributed by atoms with E-state index >= 15 is 0 Å². The number of benzene rings is 1. The van der Waals surface area contributed by atoms with E-state index in [1.54, 1.807) is 0 Å². The molecule has 0 amide bonds. The van der Waals surface area contributed by atoms with Crippen LogP contribution in [0.1, 0.15) is 19.4 Å². The van der Waals surface area contributed by atoms with Gasteiger partial charge >= 0.3 is 0 Å². The molecule has 0 aromatic heterocycles. The molecular formula is C9H9BrF2O. The molecule has 0 heterocycles. The van der Waals surface area contributed by atoms with Crippen LogP contribution in [0.5, 0.6) is 0 Å². The van der Waals surface area contributed by atoms with Crippen LogP contribution in [-0.2, 0) is 5.60 Å². The summed E-state index contributed by atoms with van der Waals surface area (Å²) in [6.45, 7) is 2.80. The van der Waals surface area contributed by atoms with Crippen LogP contribution < -0.4 is 0 Å². The zero-order valence-electron chi connectivity index (χ0n) is 7.24. The molecule has 0 radical (unpaired) electrons. The predicted octanol–water partition coefficient (Wildman–Crippen LogP) is 2.95. The maximum atomic E-state index is 13.2. The lowest BCUT2D eigenvalue weighted by atomic mass is 9.98. The van der Waals surface area contributed by atoms with Gasteiger partial charge in [0.05, 0.1) is 5.60 Å². The third kappa shape index (κ3) is 2.06. The molecule has 0 fully saturated rings. The molecule has 1 nitrogen and oxygen atoms in total. The highest BCUT2D eigenvalue weighted by molar-refractivity contribution is 9.10. The van der Waals surface area contributed by atoms with E-state index in [-0.39, 0.29) is 5.56 Å². The lowest BCUT2D eigenvalue weighted by molar-refractivity contribution is 0.0728. The van der Waals surface area contributed by atoms with Gasteiger partial charge in [0.15, 0.2) is 11.6 Å². The molecule has 0 unspecified atom stereocenters. The number of hydrogen-bond acceptors (Lipinski definition) is 1. The molecule has 0 atom stereocenters. The SMILES string of the molecule is CC(C)(O)c1c(Br)ccc(F)c1F. The summed E-state index contributed by atoms with van der Waals surface area (Å²) >= 11 is 3.05. The second-order valence-corrected chi connectivity index (χ2v) is 4.13. The highest BCUT2D eigenvalue weighted by Crippen LogP contribution is 2.31. The van der Waals surface area contributed by atoms with E-state index in [0.29, 0.717) is 4.47 Å². The second-order valence-electron chi connectivity index (χ2n) is 3.28. The molecule has 0 saturated carbocycles. The zero-order valence-corrected chi connectivity index (χ0v) is 8.82. The van der Waals surface area contributed by atoms with Crippen molar-refractivity contribution in [3.05, 3.63) is 33.8 Å². The minimum Gasteiger partial charge on any atom is -0.386 e. The zero-order chi connectivity index (χ0) is 10.2. The second kappa shape index (κ2) is 3.35. The Bertz CT molecular complexity index is 331. The van der Waals surface area contributed by atoms with Crippen molar-refractivity contribution in [2.75, 3.05) is 0 Å². The lowest BCUT2D eigenvalue weighted by Gasteiger charge is -2.20. The fourth-order valence-electron chi connectivity index (χ4n) is 1.09. The normalized spacial score (nSPS) is 11.8. The van der Waals surface area contributed by atoms with Crippen molar-refractivity contribution in [2.24, 2.45) is 0 Å². The summed E-state index contributed by atoms with van der Waals surface area (Å²) in [6, 6.07) is 2.38. The van der Waals surface area contributed by atoms with E-state index in [1.807, 2.05) is 0 Å². The third-order valence-electron chi connectivity index (χ3n) is 1.66. The highest BCUT2D eigenvalue weighted by atomic mass is 79.9. The molecule has 13 heavy (non-hydrogen) atoms. The van der Waals surface area contributed by atoms with Gasteiger partial charge < -0.3 is 5.11 Å². The van der Waals surface area contributed by atoms with Gasteiger partial charge in [-0.05, 0) is 26.0 Å². The van der Waals surface area contributed by atoms with Gasteiger partial charge in [0.2, 0.25) is 0 Å². The number of halogens is 3. The van der Waals surface area contributed by atoms with Crippen LogP contribution in [0.15, 0.2) is 16.6 Å². The first-order valence-electron chi connectivity index (χ1n) is 3.70. The monoisotopic (exact) mass is 250 g/mol. The predicted molar refractivity (Wildman–Crippen MR) is 49.3 cm³/mol. The average molecular weight is 251 g/mol. The Morgan fingerprint density at radius 3 is 2.23 bits per heavy atom. The van der Waals surface area contributed by atoms with Gasteiger partial charge in [0.25, 0.3) is 0 Å². The van der Waals surface area contributed by atoms with Crippen LogP contribution in [-0.4, -0.2) is 5.11 Å². The molecule has 72 valence electrons. The number of hydrogen-bond donors (Lipinski definition) is 1. The van der Waals surface area contributed by atoms with Crippen molar-refractivity contribution in [1.29, 1.82) is 0 Å². The van der Waals surface area contributed by atoms with Crippen LogP contribution in [0.3, 0.4) is 0 Å². The molecule has 0 aliphatic heterocycles. The summed E-state index contributed by atoms with van der Waals surface area (Å²) in [6.07, 6.45) is 0. The molecule has 0 aliphatic rings. The van der Waals surface area contributed by atoms with Gasteiger partial charge in [-0.2, -0.15) is 0 Å². The molecular weight excluding hydrogens is 242 g/mol. The van der Waals surface area contributed by atoms with Gasteiger partial charge in [0.1, 0.15) is 0 Å². The average Bonchev–Trinajstić information content (AvgIpc) is 1.95. The van der Waals surface area contributed by atoms with Crippen LogP contribution in [0.2, 0.25) is 0 Å². The standard InChI is InChI=1S/C9H9BrF2O/c1-9(2,13)7-5(10)3-4-6(11)8(7)12/h3-4,13H,1-2H3. The fourth-order valence-corrected chi connectivity index (χ4v) is 1.88. The van der Waals surface area contributed by atoms with E-state index in [2.05, 4.69) is 15.9 Å². The van der Waals surface area contributed by atoms with Crippen LogP contribution in [0.25, 0.3) is 0 Å². The summed E-state index contributed by atoms with van der Waals surface area (Å²) in [7, 11) is 0. The van der Waals surface area contributed by atoms with Crippen LogP contribution >= 0.6 is 15.9 Å². The van der Waals surface area contributed by atoms with Crippen molar-refractivity contribution in [2.45, 2.75) is 19.4 Å². The summed E-state index contributed by atoms with van der Waals surface area (Å²) < 4.78 is 26.3. The molecule has 1 N–H and O–H groups in total. The topological polar surface area (TPSA) is 20.2 Å². The Labute approximate surface area is 83.5 Å². The number of aliphatic hydroxyl groups is 1. The molecule has 1 aromatic rings. The molecule has 0 spiro atoms. The Hall–Kier alpha value is -0.480. The summed E-state index contributed by atoms with van der Waals surface area (Å²) in [5.41, 5.74) is -1.46. The van der Waals surface area contributed by atoms with Gasteiger partial charge in [-0.3, -0.25) is 0 Å². The summed E-state index contributed by atoms with van der Waals surface area (Å²) in [4.78, 5) is 0. The Balaban J connectivity index is 3.43. The fraction of sp³-hybridized carbons (Fsp3) is 0.333. The van der Waals surface area contributed by atoms with Crippen molar-refractivity contribution in [3.63, 3.8) is 0 Å². The first-order chi connectivity index (χ1) is 5.84. The Kier molecular flexibility index (Phi) is 2.73. The van der Waals surface area contributed by atoms with Gasteiger partial charge in [0, 0.05) is 10.0 Å². The summed E-state index contributed by atoms with van der Waals surface area (Å²) in [5.74, 6) is -1.97. The molecule has 4 heteroatoms. The maximum absolute atomic E-state index is 13.2. The van der Waals surface area contributed by atoms with Crippen LogP contribution in [0.4, 0.5) is 8.78 Å². The van der Waals surface area contributed by atoms with Crippen molar-refractivity contribution in [3.8, 4) is 0 Å². The van der Waals surface area contributed by atoms with E-state index in [4.69, 9.17) is 0 Å². The highest BCUT2D eigenvalue weighted by Gasteiger charge is 2.25. The molecule has 0 aliphatic carbocycles. The smallest absolute Gasteiger partial charge is 0.166 e. The third-order valence-corrected chi connectivity index (χ3v) is 2.32. The Morgan fingerprint density at radius 2 is 1.85 bits per heavy atom.